The van der Waals surface area contributed by atoms with Crippen LogP contribution < -0.4 is 5.56 Å². The molecule has 0 fully saturated rings. The average Bonchev–Trinajstić information content (AvgIpc) is 3.02. The van der Waals surface area contributed by atoms with Crippen LogP contribution in [0, 0.1) is 25.7 Å². The summed E-state index contributed by atoms with van der Waals surface area (Å²) in [4.78, 5) is 16.3. The number of nitrogens with zero attached hydrogens (tertiary/aromatic N) is 3. The molecule has 0 bridgehead atoms. The highest BCUT2D eigenvalue weighted by molar-refractivity contribution is 5.46. The van der Waals surface area contributed by atoms with Crippen molar-refractivity contribution in [2.75, 3.05) is 0 Å². The number of benzene rings is 1. The molecule has 2 aromatic heterocycles. The molecule has 0 saturated heterocycles. The maximum atomic E-state index is 12.0. The highest BCUT2D eigenvalue weighted by atomic mass is 16.1. The minimum Gasteiger partial charge on any atom is -0.316 e. The van der Waals surface area contributed by atoms with Crippen molar-refractivity contribution in [3.63, 3.8) is 0 Å². The molecule has 0 amide bonds. The van der Waals surface area contributed by atoms with Crippen LogP contribution in [-0.4, -0.2) is 14.1 Å². The number of aromatic nitrogens is 3. The smallest absolute Gasteiger partial charge is 0.252 e. The van der Waals surface area contributed by atoms with E-state index in [-0.39, 0.29) is 5.56 Å². The molecule has 1 aromatic carbocycles. The van der Waals surface area contributed by atoms with Crippen LogP contribution in [-0.2, 0) is 6.54 Å². The lowest BCUT2D eigenvalue weighted by Crippen LogP contribution is -2.18. The molecule has 120 valence electrons. The van der Waals surface area contributed by atoms with Crippen LogP contribution in [0.15, 0.2) is 53.7 Å². The van der Waals surface area contributed by atoms with Crippen LogP contribution in [0.1, 0.15) is 29.4 Å². The summed E-state index contributed by atoms with van der Waals surface area (Å²) in [5.41, 5.74) is 4.09. The zero-order valence-electron chi connectivity index (χ0n) is 14.1. The van der Waals surface area contributed by atoms with Gasteiger partial charge in [0.05, 0.1) is 5.69 Å². The van der Waals surface area contributed by atoms with Crippen molar-refractivity contribution in [1.29, 1.82) is 0 Å². The van der Waals surface area contributed by atoms with Gasteiger partial charge in [0, 0.05) is 36.8 Å². The average molecular weight is 317 g/mol. The maximum absolute atomic E-state index is 12.0. The molecule has 4 heteroatoms. The Kier molecular flexibility index (Phi) is 4.35. The van der Waals surface area contributed by atoms with E-state index >= 15 is 0 Å². The number of hydrogen-bond acceptors (Lipinski definition) is 2. The van der Waals surface area contributed by atoms with Crippen molar-refractivity contribution in [2.24, 2.45) is 0 Å². The highest BCUT2D eigenvalue weighted by Crippen LogP contribution is 2.11. The summed E-state index contributed by atoms with van der Waals surface area (Å²) in [6.07, 6.45) is 5.30. The molecular formula is C20H19N3O. The fourth-order valence-electron chi connectivity index (χ4n) is 2.59. The van der Waals surface area contributed by atoms with Gasteiger partial charge < -0.3 is 4.57 Å². The lowest BCUT2D eigenvalue weighted by atomic mass is 10.1. The molecule has 0 unspecified atom stereocenters. The minimum atomic E-state index is -0.0306. The van der Waals surface area contributed by atoms with Crippen molar-refractivity contribution in [1.82, 2.24) is 14.1 Å². The van der Waals surface area contributed by atoms with Gasteiger partial charge in [-0.25, -0.2) is 4.98 Å². The molecular weight excluding hydrogens is 298 g/mol. The molecule has 2 heterocycles. The van der Waals surface area contributed by atoms with E-state index in [9.17, 15) is 4.79 Å². The topological polar surface area (TPSA) is 39.8 Å². The molecule has 0 aliphatic rings. The molecule has 0 radical (unpaired) electrons. The summed E-state index contributed by atoms with van der Waals surface area (Å²) in [6, 6.07) is 9.69. The predicted molar refractivity (Wildman–Crippen MR) is 95.4 cm³/mol. The summed E-state index contributed by atoms with van der Waals surface area (Å²) >= 11 is 0. The second-order valence-electron chi connectivity index (χ2n) is 5.70. The van der Waals surface area contributed by atoms with Gasteiger partial charge in [-0.2, -0.15) is 0 Å². The Morgan fingerprint density at radius 2 is 1.92 bits per heavy atom. The van der Waals surface area contributed by atoms with E-state index in [1.165, 1.54) is 5.56 Å². The standard InChI is InChI=1S/C20H19N3O/c1-4-22-11-9-18(14-20(22)24)23-12-10-21-19(23)8-7-17-6-5-15(2)13-16(17)3/h5-6,9-14H,4H2,1-3H3. The first-order valence-electron chi connectivity index (χ1n) is 7.92. The quantitative estimate of drug-likeness (QED) is 0.682. The Hall–Kier alpha value is -3.06. The van der Waals surface area contributed by atoms with E-state index in [0.29, 0.717) is 12.4 Å². The zero-order chi connectivity index (χ0) is 17.1. The number of hydrogen-bond donors (Lipinski definition) is 0. The van der Waals surface area contributed by atoms with E-state index in [1.54, 1.807) is 23.0 Å². The first kappa shape index (κ1) is 15.8. The molecule has 4 nitrogen and oxygen atoms in total. The molecule has 3 aromatic rings. The highest BCUT2D eigenvalue weighted by Gasteiger charge is 2.04. The van der Waals surface area contributed by atoms with E-state index < -0.39 is 0 Å². The van der Waals surface area contributed by atoms with Crippen LogP contribution in [0.25, 0.3) is 5.69 Å². The fourth-order valence-corrected chi connectivity index (χ4v) is 2.59. The third-order valence-electron chi connectivity index (χ3n) is 3.93. The zero-order valence-corrected chi connectivity index (χ0v) is 14.1. The van der Waals surface area contributed by atoms with E-state index in [4.69, 9.17) is 0 Å². The normalized spacial score (nSPS) is 10.3. The van der Waals surface area contributed by atoms with E-state index in [2.05, 4.69) is 29.8 Å². The van der Waals surface area contributed by atoms with Gasteiger partial charge >= 0.3 is 0 Å². The number of aryl methyl sites for hydroxylation is 3. The first-order chi connectivity index (χ1) is 11.6. The van der Waals surface area contributed by atoms with Gasteiger partial charge in [-0.1, -0.05) is 23.6 Å². The molecule has 0 aliphatic carbocycles. The summed E-state index contributed by atoms with van der Waals surface area (Å²) in [7, 11) is 0. The van der Waals surface area contributed by atoms with Gasteiger partial charge in [0.2, 0.25) is 0 Å². The SMILES string of the molecule is CCn1ccc(-n2ccnc2C#Cc2ccc(C)cc2C)cc1=O. The Labute approximate surface area is 141 Å². The number of imidazole rings is 1. The van der Waals surface area contributed by atoms with Crippen molar-refractivity contribution in [3.05, 3.63) is 81.8 Å². The van der Waals surface area contributed by atoms with Crippen LogP contribution in [0.3, 0.4) is 0 Å². The predicted octanol–water partition coefficient (Wildman–Crippen LogP) is 3.07. The third-order valence-corrected chi connectivity index (χ3v) is 3.93. The van der Waals surface area contributed by atoms with Crippen molar-refractivity contribution in [3.8, 4) is 17.5 Å². The van der Waals surface area contributed by atoms with Gasteiger partial charge in [0.25, 0.3) is 5.56 Å². The second-order valence-corrected chi connectivity index (χ2v) is 5.70. The lowest BCUT2D eigenvalue weighted by Gasteiger charge is -2.06. The Bertz CT molecular complexity index is 999. The van der Waals surface area contributed by atoms with Gasteiger partial charge in [-0.3, -0.25) is 9.36 Å². The van der Waals surface area contributed by atoms with Crippen LogP contribution in [0.5, 0.6) is 0 Å². The maximum Gasteiger partial charge on any atom is 0.252 e. The number of pyridine rings is 1. The summed E-state index contributed by atoms with van der Waals surface area (Å²) in [6.45, 7) is 6.71. The van der Waals surface area contributed by atoms with Crippen molar-refractivity contribution < 1.29 is 0 Å². The first-order valence-corrected chi connectivity index (χ1v) is 7.92. The fraction of sp³-hybridized carbons (Fsp3) is 0.200. The molecule has 0 aliphatic heterocycles. The van der Waals surface area contributed by atoms with E-state index in [0.717, 1.165) is 16.8 Å². The van der Waals surface area contributed by atoms with Crippen LogP contribution in [0.2, 0.25) is 0 Å². The van der Waals surface area contributed by atoms with Crippen LogP contribution in [0.4, 0.5) is 0 Å². The van der Waals surface area contributed by atoms with Gasteiger partial charge in [0.1, 0.15) is 0 Å². The Balaban J connectivity index is 1.99. The Morgan fingerprint density at radius 1 is 1.08 bits per heavy atom. The minimum absolute atomic E-state index is 0.0306. The summed E-state index contributed by atoms with van der Waals surface area (Å²) in [5, 5.41) is 0. The Morgan fingerprint density at radius 3 is 2.62 bits per heavy atom. The van der Waals surface area contributed by atoms with Crippen LogP contribution >= 0.6 is 0 Å². The monoisotopic (exact) mass is 317 g/mol. The van der Waals surface area contributed by atoms with Crippen molar-refractivity contribution >= 4 is 0 Å². The second kappa shape index (κ2) is 6.59. The molecule has 24 heavy (non-hydrogen) atoms. The van der Waals surface area contributed by atoms with Gasteiger partial charge in [-0.15, -0.1) is 0 Å². The summed E-state index contributed by atoms with van der Waals surface area (Å²) in [5.74, 6) is 6.90. The van der Waals surface area contributed by atoms with E-state index in [1.807, 2.05) is 42.8 Å². The molecule has 0 saturated carbocycles. The van der Waals surface area contributed by atoms with Gasteiger partial charge in [0.15, 0.2) is 5.82 Å². The molecule has 3 rings (SSSR count). The largest absolute Gasteiger partial charge is 0.316 e. The molecule has 0 spiro atoms. The van der Waals surface area contributed by atoms with Gasteiger partial charge in [-0.05, 0) is 44.4 Å². The number of rotatable bonds is 2. The summed E-state index contributed by atoms with van der Waals surface area (Å²) < 4.78 is 3.49. The molecule has 0 N–H and O–H groups in total. The molecule has 0 atom stereocenters. The van der Waals surface area contributed by atoms with Crippen molar-refractivity contribution in [2.45, 2.75) is 27.3 Å². The lowest BCUT2D eigenvalue weighted by molar-refractivity contribution is 0.724. The third kappa shape index (κ3) is 3.16.